The summed E-state index contributed by atoms with van der Waals surface area (Å²) in [6.07, 6.45) is 2.72. The Morgan fingerprint density at radius 2 is 1.96 bits per heavy atom. The van der Waals surface area contributed by atoms with E-state index < -0.39 is 11.9 Å². The van der Waals surface area contributed by atoms with Crippen molar-refractivity contribution in [2.24, 2.45) is 11.7 Å². The number of carbonyl (C=O) groups excluding carboxylic acids is 2. The normalized spacial score (nSPS) is 15.1. The SMILES string of the molecule is CCC(C)C(NC(=O)c1cc2c(s1)-c1ccccc1CC2)C(N)=O. The van der Waals surface area contributed by atoms with Gasteiger partial charge < -0.3 is 11.1 Å². The summed E-state index contributed by atoms with van der Waals surface area (Å²) in [5, 5.41) is 2.81. The maximum atomic E-state index is 12.6. The van der Waals surface area contributed by atoms with E-state index in [0.29, 0.717) is 4.88 Å². The van der Waals surface area contributed by atoms with E-state index in [2.05, 4.69) is 23.5 Å². The monoisotopic (exact) mass is 342 g/mol. The van der Waals surface area contributed by atoms with Crippen LogP contribution in [0, 0.1) is 5.92 Å². The summed E-state index contributed by atoms with van der Waals surface area (Å²) < 4.78 is 0. The number of hydrogen-bond acceptors (Lipinski definition) is 3. The summed E-state index contributed by atoms with van der Waals surface area (Å²) >= 11 is 1.49. The van der Waals surface area contributed by atoms with E-state index in [1.807, 2.05) is 26.0 Å². The Kier molecular flexibility index (Phi) is 4.71. The lowest BCUT2D eigenvalue weighted by Gasteiger charge is -2.20. The zero-order valence-electron chi connectivity index (χ0n) is 14.0. The average molecular weight is 342 g/mol. The number of thiophene rings is 1. The largest absolute Gasteiger partial charge is 0.368 e. The minimum Gasteiger partial charge on any atom is -0.368 e. The molecule has 0 aliphatic heterocycles. The molecule has 1 aliphatic rings. The van der Waals surface area contributed by atoms with Gasteiger partial charge in [-0.25, -0.2) is 0 Å². The summed E-state index contributed by atoms with van der Waals surface area (Å²) in [4.78, 5) is 26.0. The van der Waals surface area contributed by atoms with Crippen molar-refractivity contribution in [3.05, 3.63) is 46.3 Å². The number of fused-ring (bicyclic) bond motifs is 3. The zero-order valence-corrected chi connectivity index (χ0v) is 14.8. The van der Waals surface area contributed by atoms with Gasteiger partial charge in [0, 0.05) is 4.88 Å². The molecular formula is C19H22N2O2S. The van der Waals surface area contributed by atoms with Crippen molar-refractivity contribution in [2.45, 2.75) is 39.2 Å². The fourth-order valence-electron chi connectivity index (χ4n) is 3.13. The Morgan fingerprint density at radius 1 is 1.25 bits per heavy atom. The first-order valence-corrected chi connectivity index (χ1v) is 9.14. The molecule has 0 fully saturated rings. The molecule has 3 N–H and O–H groups in total. The number of nitrogens with two attached hydrogens (primary N) is 1. The lowest BCUT2D eigenvalue weighted by molar-refractivity contribution is -0.120. The van der Waals surface area contributed by atoms with Gasteiger partial charge in [-0.2, -0.15) is 0 Å². The van der Waals surface area contributed by atoms with Gasteiger partial charge in [-0.15, -0.1) is 11.3 Å². The molecule has 3 rings (SSSR count). The number of aryl methyl sites for hydroxylation is 2. The van der Waals surface area contributed by atoms with Crippen molar-refractivity contribution in [1.82, 2.24) is 5.32 Å². The van der Waals surface area contributed by atoms with E-state index in [1.165, 1.54) is 32.9 Å². The Hall–Kier alpha value is -2.14. The predicted molar refractivity (Wildman–Crippen MR) is 97.1 cm³/mol. The Balaban J connectivity index is 1.86. The third-order valence-electron chi connectivity index (χ3n) is 4.76. The fourth-order valence-corrected chi connectivity index (χ4v) is 4.30. The smallest absolute Gasteiger partial charge is 0.262 e. The third kappa shape index (κ3) is 3.08. The Morgan fingerprint density at radius 3 is 2.67 bits per heavy atom. The van der Waals surface area contributed by atoms with Gasteiger partial charge in [0.2, 0.25) is 5.91 Å². The van der Waals surface area contributed by atoms with Crippen molar-refractivity contribution in [3.8, 4) is 10.4 Å². The molecule has 0 bridgehead atoms. The summed E-state index contributed by atoms with van der Waals surface area (Å²) in [6.45, 7) is 3.90. The van der Waals surface area contributed by atoms with Crippen LogP contribution in [0.5, 0.6) is 0 Å². The molecule has 24 heavy (non-hydrogen) atoms. The van der Waals surface area contributed by atoms with Crippen LogP contribution in [0.4, 0.5) is 0 Å². The van der Waals surface area contributed by atoms with E-state index in [-0.39, 0.29) is 11.8 Å². The quantitative estimate of drug-likeness (QED) is 0.876. The van der Waals surface area contributed by atoms with Gasteiger partial charge in [0.25, 0.3) is 5.91 Å². The van der Waals surface area contributed by atoms with E-state index in [0.717, 1.165) is 19.3 Å². The molecule has 5 heteroatoms. The predicted octanol–water partition coefficient (Wildman–Crippen LogP) is 3.14. The molecule has 2 aromatic rings. The molecule has 1 aromatic heterocycles. The summed E-state index contributed by atoms with van der Waals surface area (Å²) in [7, 11) is 0. The number of nitrogens with one attached hydrogen (secondary N) is 1. The van der Waals surface area contributed by atoms with Crippen LogP contribution >= 0.6 is 11.3 Å². The van der Waals surface area contributed by atoms with Crippen molar-refractivity contribution in [2.75, 3.05) is 0 Å². The Labute approximate surface area is 146 Å². The minimum atomic E-state index is -0.631. The molecule has 4 nitrogen and oxygen atoms in total. The number of benzene rings is 1. The van der Waals surface area contributed by atoms with Crippen molar-refractivity contribution >= 4 is 23.2 Å². The van der Waals surface area contributed by atoms with Gasteiger partial charge in [0.15, 0.2) is 0 Å². The zero-order chi connectivity index (χ0) is 17.3. The highest BCUT2D eigenvalue weighted by Gasteiger charge is 2.26. The molecule has 0 saturated carbocycles. The van der Waals surface area contributed by atoms with E-state index in [9.17, 15) is 9.59 Å². The van der Waals surface area contributed by atoms with Crippen molar-refractivity contribution < 1.29 is 9.59 Å². The highest BCUT2D eigenvalue weighted by molar-refractivity contribution is 7.17. The van der Waals surface area contributed by atoms with Crippen LogP contribution < -0.4 is 11.1 Å². The second-order valence-corrected chi connectivity index (χ2v) is 7.41. The number of hydrogen-bond donors (Lipinski definition) is 2. The first-order valence-electron chi connectivity index (χ1n) is 8.32. The van der Waals surface area contributed by atoms with Crippen molar-refractivity contribution in [1.29, 1.82) is 0 Å². The highest BCUT2D eigenvalue weighted by atomic mass is 32.1. The van der Waals surface area contributed by atoms with Gasteiger partial charge in [-0.05, 0) is 41.5 Å². The molecule has 126 valence electrons. The van der Waals surface area contributed by atoms with E-state index in [1.54, 1.807) is 0 Å². The molecular weight excluding hydrogens is 320 g/mol. The minimum absolute atomic E-state index is 0.0155. The van der Waals surface area contributed by atoms with Gasteiger partial charge in [-0.3, -0.25) is 9.59 Å². The molecule has 2 atom stereocenters. The molecule has 0 saturated heterocycles. The second-order valence-electron chi connectivity index (χ2n) is 6.36. The van der Waals surface area contributed by atoms with Gasteiger partial charge in [0.1, 0.15) is 6.04 Å². The van der Waals surface area contributed by atoms with Gasteiger partial charge in [0.05, 0.1) is 4.88 Å². The van der Waals surface area contributed by atoms with Crippen molar-refractivity contribution in [3.63, 3.8) is 0 Å². The molecule has 0 spiro atoms. The molecule has 2 unspecified atom stereocenters. The molecule has 2 amide bonds. The first-order chi connectivity index (χ1) is 11.5. The maximum absolute atomic E-state index is 12.6. The Bertz CT molecular complexity index is 781. The second kappa shape index (κ2) is 6.77. The number of primary amides is 1. The lowest BCUT2D eigenvalue weighted by atomic mass is 9.91. The van der Waals surface area contributed by atoms with Crippen LogP contribution in [0.25, 0.3) is 10.4 Å². The van der Waals surface area contributed by atoms with Crippen LogP contribution in [-0.2, 0) is 17.6 Å². The van der Waals surface area contributed by atoms with Crippen LogP contribution in [0.1, 0.15) is 41.1 Å². The molecule has 1 heterocycles. The number of amides is 2. The van der Waals surface area contributed by atoms with Crippen LogP contribution in [0.3, 0.4) is 0 Å². The standard InChI is InChI=1S/C19H22N2O2S/c1-3-11(2)16(18(20)22)21-19(23)15-10-13-9-8-12-6-4-5-7-14(12)17(13)24-15/h4-7,10-11,16H,3,8-9H2,1-2H3,(H2,20,22)(H,21,23). The van der Waals surface area contributed by atoms with Gasteiger partial charge in [-0.1, -0.05) is 44.5 Å². The molecule has 1 aromatic carbocycles. The van der Waals surface area contributed by atoms with Crippen LogP contribution in [-0.4, -0.2) is 17.9 Å². The van der Waals surface area contributed by atoms with Crippen LogP contribution in [0.15, 0.2) is 30.3 Å². The first kappa shape index (κ1) is 16.7. The van der Waals surface area contributed by atoms with Gasteiger partial charge >= 0.3 is 0 Å². The van der Waals surface area contributed by atoms with Crippen LogP contribution in [0.2, 0.25) is 0 Å². The third-order valence-corrected chi connectivity index (χ3v) is 5.97. The maximum Gasteiger partial charge on any atom is 0.262 e. The lowest BCUT2D eigenvalue weighted by Crippen LogP contribution is -2.48. The van der Waals surface area contributed by atoms with E-state index >= 15 is 0 Å². The topological polar surface area (TPSA) is 72.2 Å². The fraction of sp³-hybridized carbons (Fsp3) is 0.368. The number of carbonyl (C=O) groups is 2. The summed E-state index contributed by atoms with van der Waals surface area (Å²) in [6, 6.07) is 9.66. The molecule has 0 radical (unpaired) electrons. The van der Waals surface area contributed by atoms with E-state index in [4.69, 9.17) is 5.73 Å². The average Bonchev–Trinajstić information content (AvgIpc) is 3.03. The summed E-state index contributed by atoms with van der Waals surface area (Å²) in [5.41, 5.74) is 9.21. The highest BCUT2D eigenvalue weighted by Crippen LogP contribution is 2.39. The number of rotatable bonds is 5. The summed E-state index contributed by atoms with van der Waals surface area (Å²) in [5.74, 6) is -0.679. The molecule has 1 aliphatic carbocycles.